The van der Waals surface area contributed by atoms with Gasteiger partial charge in [0.1, 0.15) is 5.82 Å². The van der Waals surface area contributed by atoms with Gasteiger partial charge in [-0.1, -0.05) is 54.1 Å². The number of rotatable bonds is 4. The zero-order valence-electron chi connectivity index (χ0n) is 24.0. The predicted octanol–water partition coefficient (Wildman–Crippen LogP) is 7.53. The Hall–Kier alpha value is -4.90. The number of pyridine rings is 3. The number of nitrogens with zero attached hydrogens (tertiary/aromatic N) is 5. The number of hydrogen-bond donors (Lipinski definition) is 0. The maximum atomic E-state index is 5.17. The zero-order valence-corrected chi connectivity index (χ0v) is 26.4. The summed E-state index contributed by atoms with van der Waals surface area (Å²) in [5, 5.41) is 0. The molecule has 2 aliphatic rings. The van der Waals surface area contributed by atoms with E-state index in [9.17, 15) is 0 Å². The molecule has 0 saturated carbocycles. The summed E-state index contributed by atoms with van der Waals surface area (Å²) in [6.07, 6.45) is 7.67. The average Bonchev–Trinajstić information content (AvgIpc) is 3.66. The molecule has 0 unspecified atom stereocenters. The fourth-order valence-electron chi connectivity index (χ4n) is 5.84. The summed E-state index contributed by atoms with van der Waals surface area (Å²) < 4.78 is 0. The van der Waals surface area contributed by atoms with Crippen LogP contribution < -0.4 is 4.90 Å². The molecule has 0 bridgehead atoms. The van der Waals surface area contributed by atoms with Gasteiger partial charge in [0, 0.05) is 12.4 Å². The molecular weight excluding hydrogens is 719 g/mol. The van der Waals surface area contributed by atoms with Crippen LogP contribution in [0.25, 0.3) is 22.4 Å². The Morgan fingerprint density at radius 2 is 1.41 bits per heavy atom. The van der Waals surface area contributed by atoms with Crippen molar-refractivity contribution in [2.75, 3.05) is 11.9 Å². The second kappa shape index (κ2) is 12.8. The van der Waals surface area contributed by atoms with E-state index in [-0.39, 0.29) is 20.1 Å². The van der Waals surface area contributed by atoms with Gasteiger partial charge in [-0.3, -0.25) is 4.98 Å². The van der Waals surface area contributed by atoms with Crippen molar-refractivity contribution in [2.45, 2.75) is 5.41 Å². The average molecular weight is 747 g/mol. The van der Waals surface area contributed by atoms with E-state index >= 15 is 0 Å². The van der Waals surface area contributed by atoms with E-state index < -0.39 is 5.41 Å². The van der Waals surface area contributed by atoms with Crippen molar-refractivity contribution < 1.29 is 20.1 Å². The number of aromatic nitrogens is 3. The molecule has 3 aromatic carbocycles. The first-order valence-corrected chi connectivity index (χ1v) is 14.2. The summed E-state index contributed by atoms with van der Waals surface area (Å²) in [5.41, 5.74) is 7.95. The van der Waals surface area contributed by atoms with E-state index in [1.807, 2.05) is 115 Å². The van der Waals surface area contributed by atoms with Crippen molar-refractivity contribution in [3.05, 3.63) is 187 Å². The second-order valence-corrected chi connectivity index (χ2v) is 10.3. The van der Waals surface area contributed by atoms with Gasteiger partial charge in [0.25, 0.3) is 0 Å². The minimum Gasteiger partial charge on any atom is -0.510 e. The molecule has 3 aromatic heterocycles. The molecule has 4 heterocycles. The Morgan fingerprint density at radius 3 is 2.16 bits per heavy atom. The summed E-state index contributed by atoms with van der Waals surface area (Å²) in [7, 11) is 2.01. The molecule has 8 rings (SSSR count). The van der Waals surface area contributed by atoms with Crippen LogP contribution in [0.15, 0.2) is 146 Å². The molecule has 6 aromatic rings. The first-order valence-electron chi connectivity index (χ1n) is 14.2. The van der Waals surface area contributed by atoms with Crippen LogP contribution in [0.5, 0.6) is 0 Å². The summed E-state index contributed by atoms with van der Waals surface area (Å²) in [6.45, 7) is 2.02. The molecule has 1 aliphatic heterocycles. The topological polar surface area (TPSA) is 45.2 Å². The Balaban J connectivity index is 0.000000222. The summed E-state index contributed by atoms with van der Waals surface area (Å²) in [4.78, 5) is 18.3. The minimum absolute atomic E-state index is 0. The molecule has 0 radical (unpaired) electrons. The third-order valence-electron chi connectivity index (χ3n) is 7.70. The largest absolute Gasteiger partial charge is 3.00 e. The van der Waals surface area contributed by atoms with Gasteiger partial charge < -0.3 is 14.8 Å². The monoisotopic (exact) mass is 747 g/mol. The van der Waals surface area contributed by atoms with Crippen LogP contribution in [0.3, 0.4) is 0 Å². The van der Waals surface area contributed by atoms with E-state index in [4.69, 9.17) is 9.97 Å². The maximum absolute atomic E-state index is 5.17. The Kier molecular flexibility index (Phi) is 8.47. The van der Waals surface area contributed by atoms with E-state index in [1.54, 1.807) is 6.20 Å². The van der Waals surface area contributed by atoms with Crippen molar-refractivity contribution >= 4 is 5.82 Å². The summed E-state index contributed by atoms with van der Waals surface area (Å²) in [6, 6.07) is 47.5. The molecule has 0 fully saturated rings. The quantitative estimate of drug-likeness (QED) is 0.175. The molecule has 0 N–H and O–H groups in total. The molecule has 5 nitrogen and oxygen atoms in total. The number of fused-ring (bicyclic) bond motifs is 3. The van der Waals surface area contributed by atoms with E-state index in [1.165, 1.54) is 16.7 Å². The predicted molar refractivity (Wildman–Crippen MR) is 170 cm³/mol. The molecular formula is C38H28IrN5. The van der Waals surface area contributed by atoms with Crippen LogP contribution in [-0.2, 0) is 25.5 Å². The Bertz CT molecular complexity index is 1790. The smallest absolute Gasteiger partial charge is 0.510 e. The third-order valence-corrected chi connectivity index (χ3v) is 7.70. The molecule has 0 spiro atoms. The normalized spacial score (nSPS) is 15.9. The van der Waals surface area contributed by atoms with Crippen molar-refractivity contribution in [1.29, 1.82) is 0 Å². The van der Waals surface area contributed by atoms with Gasteiger partial charge in [0.2, 0.25) is 0 Å². The van der Waals surface area contributed by atoms with Crippen molar-refractivity contribution in [1.82, 2.24) is 19.9 Å². The van der Waals surface area contributed by atoms with Crippen LogP contribution in [0.1, 0.15) is 22.5 Å². The van der Waals surface area contributed by atoms with E-state index in [2.05, 4.69) is 65.6 Å². The summed E-state index contributed by atoms with van der Waals surface area (Å²) in [5.74, 6) is 0.871. The standard InChI is InChI=1S/C27H20N4.C11H8N.Ir/c1-30-17-18-31(19-30)26-15-8-14-25(29-26)27(24-13-6-7-16-28-24)22-11-4-2-9-20(22)21-10-3-5-12-23(21)27;1-2-6-10(7-3-1)11-8-4-5-9-12-11;/h2-11,13-19H,1H3;1-6,8-9H;/q-2;-1;+3/t27-;;/m0../s1. The zero-order chi connectivity index (χ0) is 29.1. The van der Waals surface area contributed by atoms with Crippen LogP contribution in [0.4, 0.5) is 5.82 Å². The number of anilines is 1. The van der Waals surface area contributed by atoms with Gasteiger partial charge in [-0.15, -0.1) is 53.7 Å². The van der Waals surface area contributed by atoms with Crippen molar-refractivity contribution in [3.8, 4) is 22.4 Å². The molecule has 0 amide bonds. The van der Waals surface area contributed by atoms with Gasteiger partial charge in [-0.25, -0.2) is 4.98 Å². The maximum Gasteiger partial charge on any atom is 3.00 e. The van der Waals surface area contributed by atoms with Crippen LogP contribution in [0, 0.1) is 18.8 Å². The van der Waals surface area contributed by atoms with E-state index in [0.29, 0.717) is 0 Å². The van der Waals surface area contributed by atoms with Crippen LogP contribution >= 0.6 is 0 Å². The molecule has 6 heteroatoms. The first-order chi connectivity index (χ1) is 21.2. The van der Waals surface area contributed by atoms with Gasteiger partial charge in [0.05, 0.1) is 16.8 Å². The molecule has 1 aliphatic carbocycles. The van der Waals surface area contributed by atoms with Crippen LogP contribution in [-0.4, -0.2) is 26.9 Å². The molecule has 214 valence electrons. The SMILES string of the molecule is CN1C=CN(c2cccc([C@]3(c4ccccn4)c4[c-]cccc4-c4ccccc43)n2)[CH-]1.[Ir+3].[c-]1ccccc1-c1ccccn1. The molecule has 1 atom stereocenters. The minimum atomic E-state index is -0.625. The van der Waals surface area contributed by atoms with Gasteiger partial charge in [-0.05, 0) is 61.0 Å². The van der Waals surface area contributed by atoms with Gasteiger partial charge >= 0.3 is 20.1 Å². The second-order valence-electron chi connectivity index (χ2n) is 10.3. The van der Waals surface area contributed by atoms with Gasteiger partial charge in [0.15, 0.2) is 0 Å². The van der Waals surface area contributed by atoms with E-state index in [0.717, 1.165) is 34.0 Å². The number of hydrogen-bond acceptors (Lipinski definition) is 5. The third kappa shape index (κ3) is 5.24. The summed E-state index contributed by atoms with van der Waals surface area (Å²) >= 11 is 0. The molecule has 44 heavy (non-hydrogen) atoms. The Morgan fingerprint density at radius 1 is 0.659 bits per heavy atom. The Labute approximate surface area is 272 Å². The fourth-order valence-corrected chi connectivity index (χ4v) is 5.84. The van der Waals surface area contributed by atoms with Crippen LogP contribution in [0.2, 0.25) is 0 Å². The first kappa shape index (κ1) is 29.2. The van der Waals surface area contributed by atoms with Crippen molar-refractivity contribution in [2.24, 2.45) is 0 Å². The van der Waals surface area contributed by atoms with Gasteiger partial charge in [-0.2, -0.15) is 24.3 Å². The van der Waals surface area contributed by atoms with Crippen molar-refractivity contribution in [3.63, 3.8) is 0 Å². The number of benzene rings is 3. The molecule has 0 saturated heterocycles. The fraction of sp³-hybridized carbons (Fsp3) is 0.0526.